The highest BCUT2D eigenvalue weighted by atomic mass is 32.1. The van der Waals surface area contributed by atoms with Crippen LogP contribution in [0.3, 0.4) is 0 Å². The minimum absolute atomic E-state index is 0.469. The molecule has 9 aromatic carbocycles. The lowest BCUT2D eigenvalue weighted by Gasteiger charge is -2.34. The molecule has 280 valence electrons. The van der Waals surface area contributed by atoms with E-state index in [4.69, 9.17) is 9.97 Å². The molecule has 12 rings (SSSR count). The van der Waals surface area contributed by atoms with Gasteiger partial charge in [-0.15, -0.1) is 11.3 Å². The van der Waals surface area contributed by atoms with Crippen LogP contribution < -0.4 is 0 Å². The Bertz CT molecular complexity index is 3380. The van der Waals surface area contributed by atoms with E-state index < -0.39 is 5.41 Å². The molecular weight excluding hydrogens is 745 g/mol. The molecule has 11 aromatic rings. The van der Waals surface area contributed by atoms with Gasteiger partial charge in [0, 0.05) is 36.9 Å². The van der Waals surface area contributed by atoms with Crippen molar-refractivity contribution in [1.29, 1.82) is 0 Å². The summed E-state index contributed by atoms with van der Waals surface area (Å²) in [5, 5.41) is 4.87. The third kappa shape index (κ3) is 5.33. The molecule has 0 N–H and O–H groups in total. The molecule has 0 spiro atoms. The summed E-state index contributed by atoms with van der Waals surface area (Å²) in [4.78, 5) is 10.5. The third-order valence-electron chi connectivity index (χ3n) is 12.4. The van der Waals surface area contributed by atoms with Crippen LogP contribution in [0.4, 0.5) is 0 Å². The first-order valence-electron chi connectivity index (χ1n) is 20.5. The maximum Gasteiger partial charge on any atom is 0.160 e. The molecule has 0 amide bonds. The van der Waals surface area contributed by atoms with Crippen LogP contribution in [0.15, 0.2) is 218 Å². The van der Waals surface area contributed by atoms with E-state index in [0.717, 1.165) is 33.5 Å². The molecule has 0 aliphatic heterocycles. The van der Waals surface area contributed by atoms with Crippen LogP contribution in [0, 0.1) is 0 Å². The van der Waals surface area contributed by atoms with Crippen LogP contribution in [0.25, 0.3) is 87.1 Å². The summed E-state index contributed by atoms with van der Waals surface area (Å²) in [6.07, 6.45) is 0. The van der Waals surface area contributed by atoms with Crippen LogP contribution >= 0.6 is 11.3 Å². The lowest BCUT2D eigenvalue weighted by atomic mass is 9.67. The van der Waals surface area contributed by atoms with Crippen LogP contribution in [-0.4, -0.2) is 9.97 Å². The zero-order valence-electron chi connectivity index (χ0n) is 32.6. The molecular formula is C57H36N2S. The van der Waals surface area contributed by atoms with Crippen LogP contribution in [0.5, 0.6) is 0 Å². The first kappa shape index (κ1) is 34.6. The van der Waals surface area contributed by atoms with E-state index in [-0.39, 0.29) is 0 Å². The largest absolute Gasteiger partial charge is 0.228 e. The van der Waals surface area contributed by atoms with Crippen LogP contribution in [0.2, 0.25) is 0 Å². The maximum atomic E-state index is 5.30. The fraction of sp³-hybridized carbons (Fsp3) is 0.0175. The minimum Gasteiger partial charge on any atom is -0.228 e. The standard InChI is InChI=1S/C57H36N2S/c1-4-16-37(17-5-1)56-58-52(39-29-33-55-49(34-39)48-25-13-15-27-54(48)60-55)36-53(59-56)47-32-31-42(43-22-10-11-23-44(43)47)38-28-30-46-45-24-12-14-26-50(45)57(51(46)35-38,40-18-6-2-7-19-40)41-20-8-3-9-21-41/h1-36H. The normalized spacial score (nSPS) is 12.8. The van der Waals surface area contributed by atoms with Crippen molar-refractivity contribution in [1.82, 2.24) is 9.97 Å². The highest BCUT2D eigenvalue weighted by Crippen LogP contribution is 2.57. The van der Waals surface area contributed by atoms with Crippen molar-refractivity contribution < 1.29 is 0 Å². The minimum atomic E-state index is -0.469. The first-order chi connectivity index (χ1) is 29.7. The summed E-state index contributed by atoms with van der Waals surface area (Å²) in [5.74, 6) is 0.711. The summed E-state index contributed by atoms with van der Waals surface area (Å²) < 4.78 is 2.57. The Hall–Kier alpha value is -7.46. The Labute approximate surface area is 352 Å². The average Bonchev–Trinajstić information content (AvgIpc) is 3.85. The van der Waals surface area contributed by atoms with Gasteiger partial charge in [0.2, 0.25) is 0 Å². The monoisotopic (exact) mass is 780 g/mol. The van der Waals surface area contributed by atoms with Crippen molar-refractivity contribution >= 4 is 42.3 Å². The number of rotatable bonds is 6. The van der Waals surface area contributed by atoms with Crippen LogP contribution in [-0.2, 0) is 5.41 Å². The van der Waals surface area contributed by atoms with E-state index in [1.54, 1.807) is 0 Å². The van der Waals surface area contributed by atoms with Crippen molar-refractivity contribution in [2.75, 3.05) is 0 Å². The topological polar surface area (TPSA) is 25.8 Å². The van der Waals surface area contributed by atoms with Gasteiger partial charge < -0.3 is 0 Å². The van der Waals surface area contributed by atoms with E-state index >= 15 is 0 Å². The van der Waals surface area contributed by atoms with Gasteiger partial charge in [0.25, 0.3) is 0 Å². The predicted octanol–water partition coefficient (Wildman–Crippen LogP) is 15.0. The Kier molecular flexibility index (Phi) is 7.97. The highest BCUT2D eigenvalue weighted by molar-refractivity contribution is 7.25. The maximum absolute atomic E-state index is 5.30. The van der Waals surface area contributed by atoms with E-state index in [2.05, 4.69) is 212 Å². The molecule has 2 heterocycles. The van der Waals surface area contributed by atoms with Gasteiger partial charge >= 0.3 is 0 Å². The Morgan fingerprint density at radius 2 is 0.867 bits per heavy atom. The van der Waals surface area contributed by atoms with Gasteiger partial charge in [0.05, 0.1) is 16.8 Å². The second-order valence-corrected chi connectivity index (χ2v) is 16.7. The molecule has 2 nitrogen and oxygen atoms in total. The highest BCUT2D eigenvalue weighted by Gasteiger charge is 2.46. The van der Waals surface area contributed by atoms with Gasteiger partial charge in [0.15, 0.2) is 5.82 Å². The van der Waals surface area contributed by atoms with E-state index in [1.165, 1.54) is 70.1 Å². The van der Waals surface area contributed by atoms with E-state index in [9.17, 15) is 0 Å². The molecule has 0 bridgehead atoms. The van der Waals surface area contributed by atoms with Crippen molar-refractivity contribution in [2.24, 2.45) is 0 Å². The van der Waals surface area contributed by atoms with Gasteiger partial charge in [-0.3, -0.25) is 0 Å². The molecule has 2 aromatic heterocycles. The zero-order chi connectivity index (χ0) is 39.6. The fourth-order valence-corrected chi connectivity index (χ4v) is 10.8. The van der Waals surface area contributed by atoms with Crippen molar-refractivity contribution in [3.63, 3.8) is 0 Å². The Balaban J connectivity index is 1.05. The molecule has 1 aliphatic carbocycles. The van der Waals surface area contributed by atoms with Gasteiger partial charge in [-0.1, -0.05) is 188 Å². The summed E-state index contributed by atoms with van der Waals surface area (Å²) in [5.41, 5.74) is 14.6. The Morgan fingerprint density at radius 1 is 0.317 bits per heavy atom. The van der Waals surface area contributed by atoms with Crippen LogP contribution in [0.1, 0.15) is 22.3 Å². The van der Waals surface area contributed by atoms with Gasteiger partial charge in [-0.05, 0) is 85.6 Å². The molecule has 0 radical (unpaired) electrons. The predicted molar refractivity (Wildman–Crippen MR) is 251 cm³/mol. The van der Waals surface area contributed by atoms with Crippen molar-refractivity contribution in [3.8, 4) is 56.2 Å². The summed E-state index contributed by atoms with van der Waals surface area (Å²) in [6.45, 7) is 0. The summed E-state index contributed by atoms with van der Waals surface area (Å²) in [7, 11) is 0. The van der Waals surface area contributed by atoms with E-state index in [0.29, 0.717) is 5.82 Å². The summed E-state index contributed by atoms with van der Waals surface area (Å²) >= 11 is 1.83. The fourth-order valence-electron chi connectivity index (χ4n) is 9.72. The molecule has 0 atom stereocenters. The number of thiophene rings is 1. The lowest BCUT2D eigenvalue weighted by molar-refractivity contribution is 0.769. The van der Waals surface area contributed by atoms with Gasteiger partial charge in [-0.25, -0.2) is 9.97 Å². The first-order valence-corrected chi connectivity index (χ1v) is 21.3. The summed E-state index contributed by atoms with van der Waals surface area (Å²) in [6, 6.07) is 79.4. The van der Waals surface area contributed by atoms with Gasteiger partial charge in [0.1, 0.15) is 0 Å². The second-order valence-electron chi connectivity index (χ2n) is 15.6. The van der Waals surface area contributed by atoms with Gasteiger partial charge in [-0.2, -0.15) is 0 Å². The second kappa shape index (κ2) is 13.8. The molecule has 0 fully saturated rings. The molecule has 3 heteroatoms. The molecule has 1 aliphatic rings. The number of benzene rings is 9. The number of aromatic nitrogens is 2. The molecule has 0 unspecified atom stereocenters. The lowest BCUT2D eigenvalue weighted by Crippen LogP contribution is -2.28. The smallest absolute Gasteiger partial charge is 0.160 e. The molecule has 0 saturated carbocycles. The number of fused-ring (bicyclic) bond motifs is 7. The number of hydrogen-bond donors (Lipinski definition) is 0. The average molecular weight is 781 g/mol. The SMILES string of the molecule is c1ccc(-c2nc(-c3ccc4sc5ccccc5c4c3)cc(-c3ccc(-c4ccc5c(c4)C(c4ccccc4)(c4ccccc4)c4ccccc4-5)c4ccccc34)n2)cc1. The van der Waals surface area contributed by atoms with E-state index in [1.807, 2.05) is 17.4 Å². The third-order valence-corrected chi connectivity index (χ3v) is 13.6. The zero-order valence-corrected chi connectivity index (χ0v) is 33.4. The number of hydrogen-bond acceptors (Lipinski definition) is 3. The Morgan fingerprint density at radius 3 is 1.63 bits per heavy atom. The van der Waals surface area contributed by atoms with Crippen molar-refractivity contribution in [2.45, 2.75) is 5.41 Å². The molecule has 60 heavy (non-hydrogen) atoms. The molecule has 0 saturated heterocycles. The quantitative estimate of drug-likeness (QED) is 0.168. The van der Waals surface area contributed by atoms with Crippen molar-refractivity contribution in [3.05, 3.63) is 241 Å². The number of nitrogens with zero attached hydrogens (tertiary/aromatic N) is 2.